The molecule has 2 N–H and O–H groups in total. The molecule has 0 saturated carbocycles. The predicted octanol–water partition coefficient (Wildman–Crippen LogP) is 3.67. The van der Waals surface area contributed by atoms with E-state index in [1.165, 1.54) is 11.1 Å². The highest BCUT2D eigenvalue weighted by Gasteiger charge is 2.08. The highest BCUT2D eigenvalue weighted by molar-refractivity contribution is 7.80. The molecule has 0 fully saturated rings. The molecule has 0 radical (unpaired) electrons. The van der Waals surface area contributed by atoms with E-state index in [4.69, 9.17) is 12.2 Å². The summed E-state index contributed by atoms with van der Waals surface area (Å²) in [4.78, 5) is 12.0. The summed E-state index contributed by atoms with van der Waals surface area (Å²) in [5, 5.41) is 6.08. The third-order valence-corrected chi connectivity index (χ3v) is 3.83. The van der Waals surface area contributed by atoms with Crippen molar-refractivity contribution < 1.29 is 4.79 Å². The summed E-state index contributed by atoms with van der Waals surface area (Å²) in [6.45, 7) is 6.09. The molecule has 114 valence electrons. The summed E-state index contributed by atoms with van der Waals surface area (Å²) in [5.74, 6) is -0.115. The molecule has 0 aromatic heterocycles. The van der Waals surface area contributed by atoms with Crippen LogP contribution in [0.2, 0.25) is 0 Å². The third-order valence-electron chi connectivity index (χ3n) is 3.63. The molecule has 0 spiro atoms. The molecule has 1 amide bonds. The van der Waals surface area contributed by atoms with Crippen LogP contribution >= 0.6 is 12.2 Å². The smallest absolute Gasteiger partial charge is 0.230 e. The first kappa shape index (κ1) is 16.2. The van der Waals surface area contributed by atoms with Gasteiger partial charge in [-0.15, -0.1) is 0 Å². The summed E-state index contributed by atoms with van der Waals surface area (Å²) < 4.78 is 0. The lowest BCUT2D eigenvalue weighted by Gasteiger charge is -2.11. The third kappa shape index (κ3) is 4.40. The van der Waals surface area contributed by atoms with Gasteiger partial charge >= 0.3 is 0 Å². The monoisotopic (exact) mass is 312 g/mol. The van der Waals surface area contributed by atoms with E-state index in [0.717, 1.165) is 16.8 Å². The van der Waals surface area contributed by atoms with Crippen LogP contribution in [0.3, 0.4) is 0 Å². The van der Waals surface area contributed by atoms with Crippen molar-refractivity contribution in [3.8, 4) is 0 Å². The number of carbonyl (C=O) groups excluding carboxylic acids is 1. The van der Waals surface area contributed by atoms with Crippen LogP contribution in [0, 0.1) is 20.8 Å². The Balaban J connectivity index is 1.92. The van der Waals surface area contributed by atoms with E-state index in [-0.39, 0.29) is 5.91 Å². The largest absolute Gasteiger partial charge is 0.332 e. The Labute approximate surface area is 136 Å². The molecule has 22 heavy (non-hydrogen) atoms. The first-order chi connectivity index (χ1) is 10.5. The number of anilines is 1. The van der Waals surface area contributed by atoms with E-state index in [1.54, 1.807) is 0 Å². The molecule has 0 bridgehead atoms. The second-order valence-corrected chi connectivity index (χ2v) is 5.81. The molecule has 0 saturated heterocycles. The molecule has 2 aromatic rings. The van der Waals surface area contributed by atoms with E-state index >= 15 is 0 Å². The highest BCUT2D eigenvalue weighted by atomic mass is 32.1. The lowest BCUT2D eigenvalue weighted by molar-refractivity contribution is -0.119. The van der Waals surface area contributed by atoms with Gasteiger partial charge in [-0.3, -0.25) is 4.79 Å². The zero-order valence-corrected chi connectivity index (χ0v) is 13.9. The molecule has 0 unspecified atom stereocenters. The Kier molecular flexibility index (Phi) is 5.28. The topological polar surface area (TPSA) is 41.1 Å². The highest BCUT2D eigenvalue weighted by Crippen LogP contribution is 2.14. The summed E-state index contributed by atoms with van der Waals surface area (Å²) in [6, 6.07) is 13.8. The number of carbonyl (C=O) groups is 1. The Morgan fingerprint density at radius 1 is 1.00 bits per heavy atom. The second kappa shape index (κ2) is 7.18. The molecule has 0 atom stereocenters. The van der Waals surface area contributed by atoms with Crippen LogP contribution in [0.4, 0.5) is 5.69 Å². The molecule has 0 aliphatic heterocycles. The number of rotatable bonds is 3. The molecule has 2 aromatic carbocycles. The van der Waals surface area contributed by atoms with Crippen molar-refractivity contribution in [2.45, 2.75) is 27.2 Å². The van der Waals surface area contributed by atoms with Crippen molar-refractivity contribution in [1.82, 2.24) is 5.32 Å². The fourth-order valence-electron chi connectivity index (χ4n) is 2.13. The Morgan fingerprint density at radius 2 is 1.73 bits per heavy atom. The average molecular weight is 312 g/mol. The zero-order valence-electron chi connectivity index (χ0n) is 13.1. The van der Waals surface area contributed by atoms with Crippen molar-refractivity contribution >= 4 is 28.9 Å². The molecule has 0 aliphatic carbocycles. The van der Waals surface area contributed by atoms with Crippen LogP contribution in [0.1, 0.15) is 22.3 Å². The van der Waals surface area contributed by atoms with Crippen LogP contribution in [0.25, 0.3) is 0 Å². The summed E-state index contributed by atoms with van der Waals surface area (Å²) >= 11 is 5.19. The number of benzene rings is 2. The van der Waals surface area contributed by atoms with E-state index in [0.29, 0.717) is 11.5 Å². The van der Waals surface area contributed by atoms with Gasteiger partial charge in [-0.2, -0.15) is 0 Å². The van der Waals surface area contributed by atoms with Crippen molar-refractivity contribution in [3.05, 3.63) is 64.7 Å². The molecule has 0 heterocycles. The van der Waals surface area contributed by atoms with E-state index in [9.17, 15) is 4.79 Å². The van der Waals surface area contributed by atoms with Gasteiger partial charge in [0.05, 0.1) is 6.42 Å². The maximum absolute atomic E-state index is 12.0. The average Bonchev–Trinajstić information content (AvgIpc) is 2.45. The van der Waals surface area contributed by atoms with Crippen molar-refractivity contribution in [2.75, 3.05) is 5.32 Å². The van der Waals surface area contributed by atoms with Gasteiger partial charge in [-0.25, -0.2) is 0 Å². The Bertz CT molecular complexity index is 710. The summed E-state index contributed by atoms with van der Waals surface area (Å²) in [6.07, 6.45) is 0.321. The standard InChI is InChI=1S/C18H20N2OS/c1-12-8-9-16(10-14(12)3)19-18(22)20-17(21)11-15-7-5-4-6-13(15)2/h4-10H,11H2,1-3H3,(H2,19,20,21,22). The minimum absolute atomic E-state index is 0.115. The van der Waals surface area contributed by atoms with Gasteiger partial charge in [0.25, 0.3) is 0 Å². The molecule has 3 nitrogen and oxygen atoms in total. The number of hydrogen-bond donors (Lipinski definition) is 2. The second-order valence-electron chi connectivity index (χ2n) is 5.40. The van der Waals surface area contributed by atoms with Crippen molar-refractivity contribution in [3.63, 3.8) is 0 Å². The van der Waals surface area contributed by atoms with Gasteiger partial charge in [0.15, 0.2) is 5.11 Å². The van der Waals surface area contributed by atoms with Crippen LogP contribution in [0.15, 0.2) is 42.5 Å². The van der Waals surface area contributed by atoms with Crippen LogP contribution < -0.4 is 10.6 Å². The summed E-state index contributed by atoms with van der Waals surface area (Å²) in [7, 11) is 0. The number of hydrogen-bond acceptors (Lipinski definition) is 2. The summed E-state index contributed by atoms with van der Waals surface area (Å²) in [5.41, 5.74) is 5.39. The quantitative estimate of drug-likeness (QED) is 0.850. The number of nitrogens with one attached hydrogen (secondary N) is 2. The number of amides is 1. The number of aryl methyl sites for hydroxylation is 3. The molecule has 2 rings (SSSR count). The number of thiocarbonyl (C=S) groups is 1. The first-order valence-corrected chi connectivity index (χ1v) is 7.59. The van der Waals surface area contributed by atoms with Crippen LogP contribution in [-0.2, 0) is 11.2 Å². The Morgan fingerprint density at radius 3 is 2.41 bits per heavy atom. The predicted molar refractivity (Wildman–Crippen MR) is 95.2 cm³/mol. The van der Waals surface area contributed by atoms with Crippen LogP contribution in [0.5, 0.6) is 0 Å². The van der Waals surface area contributed by atoms with Gasteiger partial charge in [-0.05, 0) is 67.4 Å². The normalized spacial score (nSPS) is 10.1. The molecular formula is C18H20N2OS. The minimum atomic E-state index is -0.115. The van der Waals surface area contributed by atoms with Gasteiger partial charge < -0.3 is 10.6 Å². The lowest BCUT2D eigenvalue weighted by Crippen LogP contribution is -2.35. The van der Waals surface area contributed by atoms with Gasteiger partial charge in [0.2, 0.25) is 5.91 Å². The zero-order chi connectivity index (χ0) is 16.1. The maximum Gasteiger partial charge on any atom is 0.230 e. The van der Waals surface area contributed by atoms with Gasteiger partial charge in [0.1, 0.15) is 0 Å². The van der Waals surface area contributed by atoms with E-state index < -0.39 is 0 Å². The maximum atomic E-state index is 12.0. The Hall–Kier alpha value is -2.20. The van der Waals surface area contributed by atoms with E-state index in [2.05, 4.69) is 17.6 Å². The minimum Gasteiger partial charge on any atom is -0.332 e. The van der Waals surface area contributed by atoms with Crippen LogP contribution in [-0.4, -0.2) is 11.0 Å². The molecule has 4 heteroatoms. The SMILES string of the molecule is Cc1ccc(NC(=S)NC(=O)Cc2ccccc2C)cc1C. The van der Waals surface area contributed by atoms with Gasteiger partial charge in [-0.1, -0.05) is 30.3 Å². The van der Waals surface area contributed by atoms with Crippen molar-refractivity contribution in [1.29, 1.82) is 0 Å². The van der Waals surface area contributed by atoms with Gasteiger partial charge in [0, 0.05) is 5.69 Å². The fraction of sp³-hybridized carbons (Fsp3) is 0.222. The van der Waals surface area contributed by atoms with Crippen molar-refractivity contribution in [2.24, 2.45) is 0 Å². The van der Waals surface area contributed by atoms with E-state index in [1.807, 2.05) is 56.3 Å². The molecule has 0 aliphatic rings. The fourth-order valence-corrected chi connectivity index (χ4v) is 2.37. The molecular weight excluding hydrogens is 292 g/mol. The first-order valence-electron chi connectivity index (χ1n) is 7.18. The lowest BCUT2D eigenvalue weighted by atomic mass is 10.1.